The van der Waals surface area contributed by atoms with Gasteiger partial charge in [0.25, 0.3) is 5.91 Å². The van der Waals surface area contributed by atoms with E-state index in [2.05, 4.69) is 16.2 Å². The third kappa shape index (κ3) is 5.89. The van der Waals surface area contributed by atoms with Gasteiger partial charge in [0, 0.05) is 21.7 Å². The van der Waals surface area contributed by atoms with E-state index in [-0.39, 0.29) is 10.6 Å². The van der Waals surface area contributed by atoms with Crippen LogP contribution in [0.3, 0.4) is 0 Å². The number of rotatable bonds is 6. The molecule has 3 aromatic rings. The summed E-state index contributed by atoms with van der Waals surface area (Å²) in [4.78, 5) is 25.6. The summed E-state index contributed by atoms with van der Waals surface area (Å²) in [6.07, 6.45) is 0. The highest BCUT2D eigenvalue weighted by Gasteiger charge is 2.67. The highest BCUT2D eigenvalue weighted by Crippen LogP contribution is 2.65. The molecule has 1 aliphatic rings. The third-order valence-corrected chi connectivity index (χ3v) is 7.74. The highest BCUT2D eigenvalue weighted by atomic mass is 35.5. The molecule has 0 heterocycles. The van der Waals surface area contributed by atoms with Crippen LogP contribution >= 0.6 is 81.2 Å². The number of halogens is 7. The van der Waals surface area contributed by atoms with Crippen molar-refractivity contribution in [3.05, 3.63) is 90.8 Å². The summed E-state index contributed by atoms with van der Waals surface area (Å²) < 4.78 is -1.34. The van der Waals surface area contributed by atoms with Gasteiger partial charge >= 0.3 is 0 Å². The average molecular weight is 613 g/mol. The Balaban J connectivity index is 1.46. The Kier molecular flexibility index (Phi) is 7.89. The summed E-state index contributed by atoms with van der Waals surface area (Å²) in [6, 6.07) is 14.1. The van der Waals surface area contributed by atoms with Crippen LogP contribution in [0, 0.1) is 5.92 Å². The van der Waals surface area contributed by atoms with Gasteiger partial charge in [0.05, 0.1) is 32.2 Å². The van der Waals surface area contributed by atoms with E-state index in [0.29, 0.717) is 37.0 Å². The molecule has 35 heavy (non-hydrogen) atoms. The van der Waals surface area contributed by atoms with Crippen LogP contribution in [-0.4, -0.2) is 16.1 Å². The summed E-state index contributed by atoms with van der Waals surface area (Å²) in [5.41, 5.74) is 6.85. The zero-order valence-electron chi connectivity index (χ0n) is 17.3. The van der Waals surface area contributed by atoms with Crippen LogP contribution in [0.2, 0.25) is 25.1 Å². The predicted molar refractivity (Wildman–Crippen MR) is 145 cm³/mol. The Morgan fingerprint density at radius 1 is 0.743 bits per heavy atom. The number of amides is 2. The van der Waals surface area contributed by atoms with Gasteiger partial charge in [0.1, 0.15) is 4.33 Å². The van der Waals surface area contributed by atoms with Crippen LogP contribution in [-0.2, 0) is 4.79 Å². The van der Waals surface area contributed by atoms with E-state index >= 15 is 0 Å². The molecule has 4 rings (SSSR count). The average Bonchev–Trinajstić information content (AvgIpc) is 3.37. The zero-order chi connectivity index (χ0) is 25.5. The lowest BCUT2D eigenvalue weighted by Crippen LogP contribution is -2.29. The van der Waals surface area contributed by atoms with Gasteiger partial charge in [0.15, 0.2) is 0 Å². The normalized spacial score (nSPS) is 18.0. The quantitative estimate of drug-likeness (QED) is 0.194. The summed E-state index contributed by atoms with van der Waals surface area (Å²) in [7, 11) is 0. The van der Waals surface area contributed by atoms with Crippen LogP contribution in [0.5, 0.6) is 0 Å². The van der Waals surface area contributed by atoms with Gasteiger partial charge < -0.3 is 5.32 Å². The second-order valence-corrected chi connectivity index (χ2v) is 11.3. The van der Waals surface area contributed by atoms with Crippen molar-refractivity contribution < 1.29 is 9.59 Å². The Labute approximate surface area is 235 Å². The van der Waals surface area contributed by atoms with Crippen molar-refractivity contribution in [2.75, 3.05) is 10.7 Å². The molecule has 1 fully saturated rings. The fraction of sp³-hybridized carbons (Fsp3) is 0.130. The minimum atomic E-state index is -1.34. The lowest BCUT2D eigenvalue weighted by atomic mass is 10.1. The smallest absolute Gasteiger partial charge is 0.271 e. The molecule has 182 valence electrons. The van der Waals surface area contributed by atoms with E-state index in [1.807, 2.05) is 0 Å². The second-order valence-electron chi connectivity index (χ2n) is 7.72. The number of alkyl halides is 2. The number of carbonyl (C=O) groups excluding carboxylic acids is 2. The number of benzene rings is 3. The monoisotopic (exact) mass is 609 g/mol. The minimum Gasteiger partial charge on any atom is -0.326 e. The number of hydrogen-bond donors (Lipinski definition) is 3. The molecule has 0 bridgehead atoms. The maximum absolute atomic E-state index is 13.0. The zero-order valence-corrected chi connectivity index (χ0v) is 22.6. The van der Waals surface area contributed by atoms with Crippen molar-refractivity contribution >= 4 is 104 Å². The molecule has 1 saturated carbocycles. The molecule has 12 heteroatoms. The molecular weight excluding hydrogens is 598 g/mol. The number of hydrogen-bond acceptors (Lipinski definition) is 3. The second kappa shape index (κ2) is 10.4. The molecular formula is C23H14Cl7N3O2. The van der Waals surface area contributed by atoms with E-state index in [9.17, 15) is 9.59 Å². The molecule has 3 aromatic carbocycles. The highest BCUT2D eigenvalue weighted by molar-refractivity contribution is 6.53. The van der Waals surface area contributed by atoms with Crippen molar-refractivity contribution in [2.24, 2.45) is 5.92 Å². The molecule has 2 amide bonds. The van der Waals surface area contributed by atoms with E-state index in [0.717, 1.165) is 0 Å². The number of nitrogens with one attached hydrogen (secondary N) is 3. The van der Waals surface area contributed by atoms with Crippen LogP contribution in [0.1, 0.15) is 21.8 Å². The molecule has 0 spiro atoms. The Hall–Kier alpha value is -1.57. The van der Waals surface area contributed by atoms with Crippen LogP contribution in [0.4, 0.5) is 11.4 Å². The van der Waals surface area contributed by atoms with Crippen molar-refractivity contribution in [2.45, 2.75) is 10.3 Å². The predicted octanol–water partition coefficient (Wildman–Crippen LogP) is 8.24. The molecule has 2 atom stereocenters. The van der Waals surface area contributed by atoms with Crippen LogP contribution in [0.15, 0.2) is 54.6 Å². The Bertz CT molecular complexity index is 1310. The summed E-state index contributed by atoms with van der Waals surface area (Å²) in [5, 5.41) is 4.43. The fourth-order valence-electron chi connectivity index (χ4n) is 3.59. The van der Waals surface area contributed by atoms with Gasteiger partial charge in [-0.05, 0) is 60.2 Å². The molecule has 0 unspecified atom stereocenters. The number of hydrazine groups is 1. The Morgan fingerprint density at radius 2 is 1.37 bits per heavy atom. The van der Waals surface area contributed by atoms with Gasteiger partial charge in [-0.15, -0.1) is 23.2 Å². The lowest BCUT2D eigenvalue weighted by Gasteiger charge is -2.12. The minimum absolute atomic E-state index is 0.119. The molecule has 5 nitrogen and oxygen atoms in total. The molecule has 1 aliphatic carbocycles. The molecule has 0 saturated heterocycles. The lowest BCUT2D eigenvalue weighted by molar-refractivity contribution is -0.117. The van der Waals surface area contributed by atoms with E-state index < -0.39 is 28.0 Å². The number of carbonyl (C=O) groups is 2. The molecule has 0 aromatic heterocycles. The van der Waals surface area contributed by atoms with Crippen molar-refractivity contribution in [3.8, 4) is 0 Å². The molecule has 0 aliphatic heterocycles. The van der Waals surface area contributed by atoms with Crippen LogP contribution < -0.4 is 16.2 Å². The van der Waals surface area contributed by atoms with Crippen LogP contribution in [0.25, 0.3) is 0 Å². The van der Waals surface area contributed by atoms with Crippen molar-refractivity contribution in [3.63, 3.8) is 0 Å². The first-order chi connectivity index (χ1) is 16.5. The third-order valence-electron chi connectivity index (χ3n) is 5.30. The standard InChI is InChI=1S/C23H14Cl7N3O2/c24-11-5-10(6-12(25)7-11)19-20(23(19,29)30)22(35)31-13-1-3-16(26)15(8-13)21(34)33-32-14-2-4-17(27)18(28)9-14/h1-9,19-20,32H,(H,31,35)(H,33,34)/t19-,20+/m0/s1. The van der Waals surface area contributed by atoms with Crippen molar-refractivity contribution in [1.82, 2.24) is 5.43 Å². The summed E-state index contributed by atoms with van der Waals surface area (Å²) in [5.74, 6) is -2.24. The topological polar surface area (TPSA) is 70.2 Å². The van der Waals surface area contributed by atoms with E-state index in [1.165, 1.54) is 12.1 Å². The first-order valence-corrected chi connectivity index (χ1v) is 12.6. The largest absolute Gasteiger partial charge is 0.326 e. The van der Waals surface area contributed by atoms with Gasteiger partial charge in [-0.3, -0.25) is 20.4 Å². The van der Waals surface area contributed by atoms with Gasteiger partial charge in [-0.25, -0.2) is 0 Å². The first kappa shape index (κ1) is 26.5. The summed E-state index contributed by atoms with van der Waals surface area (Å²) in [6.45, 7) is 0. The molecule has 0 radical (unpaired) electrons. The SMILES string of the molecule is O=C(NNc1ccc(Cl)c(Cl)c1)c1cc(NC(=O)[C@H]2[C@H](c3cc(Cl)cc(Cl)c3)C2(Cl)Cl)ccc1Cl. The van der Waals surface area contributed by atoms with Gasteiger partial charge in [-0.1, -0.05) is 58.0 Å². The fourth-order valence-corrected chi connectivity index (χ4v) is 5.46. The summed E-state index contributed by atoms with van der Waals surface area (Å²) >= 11 is 43.0. The van der Waals surface area contributed by atoms with Gasteiger partial charge in [-0.2, -0.15) is 0 Å². The first-order valence-electron chi connectivity index (χ1n) is 9.93. The number of anilines is 2. The Morgan fingerprint density at radius 3 is 2.03 bits per heavy atom. The van der Waals surface area contributed by atoms with E-state index in [1.54, 1.807) is 42.5 Å². The van der Waals surface area contributed by atoms with Crippen molar-refractivity contribution in [1.29, 1.82) is 0 Å². The maximum atomic E-state index is 13.0. The molecule has 3 N–H and O–H groups in total. The van der Waals surface area contributed by atoms with E-state index in [4.69, 9.17) is 81.2 Å². The maximum Gasteiger partial charge on any atom is 0.271 e. The van der Waals surface area contributed by atoms with Gasteiger partial charge in [0.2, 0.25) is 5.91 Å².